The number of hydrogen-bond donors (Lipinski definition) is 1. The molecule has 136 valence electrons. The van der Waals surface area contributed by atoms with Gasteiger partial charge in [-0.1, -0.05) is 20.3 Å². The van der Waals surface area contributed by atoms with E-state index in [1.807, 2.05) is 17.9 Å². The molecular formula is C19H34N4O. The number of piperidine rings is 1. The van der Waals surface area contributed by atoms with Crippen LogP contribution in [0.5, 0.6) is 0 Å². The molecule has 0 radical (unpaired) electrons. The minimum absolute atomic E-state index is 0.155. The van der Waals surface area contributed by atoms with E-state index in [4.69, 9.17) is 0 Å². The van der Waals surface area contributed by atoms with Crippen LogP contribution in [0.25, 0.3) is 0 Å². The fourth-order valence-corrected chi connectivity index (χ4v) is 3.77. The van der Waals surface area contributed by atoms with Crippen LogP contribution in [-0.4, -0.2) is 46.3 Å². The molecule has 0 bridgehead atoms. The number of nitrogens with zero attached hydrogens (tertiary/aromatic N) is 3. The zero-order valence-corrected chi connectivity index (χ0v) is 15.8. The number of hydrogen-bond acceptors (Lipinski definition) is 3. The van der Waals surface area contributed by atoms with Crippen molar-refractivity contribution in [1.82, 2.24) is 20.0 Å². The lowest BCUT2D eigenvalue weighted by atomic mass is 9.95. The van der Waals surface area contributed by atoms with Crippen LogP contribution in [0.3, 0.4) is 0 Å². The van der Waals surface area contributed by atoms with Gasteiger partial charge in [-0.05, 0) is 51.1 Å². The summed E-state index contributed by atoms with van der Waals surface area (Å²) in [5.41, 5.74) is 1.28. The summed E-state index contributed by atoms with van der Waals surface area (Å²) in [6, 6.07) is 2.39. The van der Waals surface area contributed by atoms with Crippen molar-refractivity contribution < 1.29 is 4.79 Å². The van der Waals surface area contributed by atoms with Crippen molar-refractivity contribution in [3.63, 3.8) is 0 Å². The molecule has 0 aromatic carbocycles. The summed E-state index contributed by atoms with van der Waals surface area (Å²) in [7, 11) is 2.00. The second kappa shape index (κ2) is 9.21. The molecule has 2 rings (SSSR count). The zero-order chi connectivity index (χ0) is 17.5. The van der Waals surface area contributed by atoms with Crippen molar-refractivity contribution in [3.05, 3.63) is 18.0 Å². The summed E-state index contributed by atoms with van der Waals surface area (Å²) in [4.78, 5) is 14.9. The first-order valence-electron chi connectivity index (χ1n) is 9.49. The predicted octanol–water partition coefficient (Wildman–Crippen LogP) is 2.62. The molecule has 5 heteroatoms. The summed E-state index contributed by atoms with van der Waals surface area (Å²) >= 11 is 0. The SMILES string of the molecule is CCC[C@H](C)NC(=O)[C@H]1CCCN(C[C@H](C)Cc2ccnn2C)C1. The van der Waals surface area contributed by atoms with Crippen molar-refractivity contribution in [2.45, 2.75) is 58.9 Å². The van der Waals surface area contributed by atoms with Crippen LogP contribution in [0, 0.1) is 11.8 Å². The van der Waals surface area contributed by atoms with Crippen LogP contribution in [0.1, 0.15) is 52.1 Å². The first-order valence-corrected chi connectivity index (χ1v) is 9.49. The quantitative estimate of drug-likeness (QED) is 0.795. The van der Waals surface area contributed by atoms with Crippen molar-refractivity contribution >= 4 is 5.91 Å². The Morgan fingerprint density at radius 2 is 2.25 bits per heavy atom. The summed E-state index contributed by atoms with van der Waals surface area (Å²) < 4.78 is 1.96. The van der Waals surface area contributed by atoms with E-state index in [1.165, 1.54) is 5.69 Å². The Labute approximate surface area is 146 Å². The van der Waals surface area contributed by atoms with Crippen molar-refractivity contribution in [3.8, 4) is 0 Å². The van der Waals surface area contributed by atoms with E-state index in [2.05, 4.69) is 42.2 Å². The summed E-state index contributed by atoms with van der Waals surface area (Å²) in [6.07, 6.45) is 7.22. The highest BCUT2D eigenvalue weighted by Gasteiger charge is 2.27. The number of carbonyl (C=O) groups is 1. The van der Waals surface area contributed by atoms with Gasteiger partial charge in [0.25, 0.3) is 0 Å². The standard InChI is InChI=1S/C19H34N4O/c1-5-7-16(3)21-19(24)17-8-6-11-23(14-17)13-15(2)12-18-9-10-20-22(18)4/h9-10,15-17H,5-8,11-14H2,1-4H3,(H,21,24)/t15-,16+,17+/m1/s1. The van der Waals surface area contributed by atoms with E-state index in [9.17, 15) is 4.79 Å². The smallest absolute Gasteiger partial charge is 0.224 e. The zero-order valence-electron chi connectivity index (χ0n) is 15.8. The number of rotatable bonds is 8. The van der Waals surface area contributed by atoms with Gasteiger partial charge < -0.3 is 10.2 Å². The van der Waals surface area contributed by atoms with E-state index in [0.29, 0.717) is 12.0 Å². The molecular weight excluding hydrogens is 300 g/mol. The third-order valence-corrected chi connectivity index (χ3v) is 5.04. The van der Waals surface area contributed by atoms with Gasteiger partial charge in [-0.25, -0.2) is 0 Å². The van der Waals surface area contributed by atoms with Crippen LogP contribution < -0.4 is 5.32 Å². The number of aromatic nitrogens is 2. The van der Waals surface area contributed by atoms with Gasteiger partial charge in [-0.15, -0.1) is 0 Å². The minimum Gasteiger partial charge on any atom is -0.353 e. The third kappa shape index (κ3) is 5.62. The fourth-order valence-electron chi connectivity index (χ4n) is 3.77. The lowest BCUT2D eigenvalue weighted by molar-refractivity contribution is -0.127. The molecule has 0 saturated carbocycles. The molecule has 1 saturated heterocycles. The Bertz CT molecular complexity index is 513. The van der Waals surface area contributed by atoms with Crippen LogP contribution >= 0.6 is 0 Å². The Hall–Kier alpha value is -1.36. The number of aryl methyl sites for hydroxylation is 1. The van der Waals surface area contributed by atoms with Gasteiger partial charge in [0.2, 0.25) is 5.91 Å². The molecule has 0 aliphatic carbocycles. The first-order chi connectivity index (χ1) is 11.5. The molecule has 3 atom stereocenters. The van der Waals surface area contributed by atoms with E-state index in [0.717, 1.165) is 51.7 Å². The maximum Gasteiger partial charge on any atom is 0.224 e. The number of amides is 1. The molecule has 0 unspecified atom stereocenters. The van der Waals surface area contributed by atoms with Gasteiger partial charge in [-0.2, -0.15) is 5.10 Å². The van der Waals surface area contributed by atoms with Crippen molar-refractivity contribution in [2.75, 3.05) is 19.6 Å². The maximum absolute atomic E-state index is 12.5. The number of carbonyl (C=O) groups excluding carboxylic acids is 1. The van der Waals surface area contributed by atoms with E-state index in [-0.39, 0.29) is 11.8 Å². The molecule has 1 aromatic rings. The van der Waals surface area contributed by atoms with Crippen LogP contribution in [0.4, 0.5) is 0 Å². The minimum atomic E-state index is 0.155. The highest BCUT2D eigenvalue weighted by Crippen LogP contribution is 2.19. The van der Waals surface area contributed by atoms with Gasteiger partial charge in [0.1, 0.15) is 0 Å². The Morgan fingerprint density at radius 1 is 1.46 bits per heavy atom. The Morgan fingerprint density at radius 3 is 2.92 bits per heavy atom. The third-order valence-electron chi connectivity index (χ3n) is 5.04. The number of likely N-dealkylation sites (tertiary alicyclic amines) is 1. The molecule has 1 aliphatic rings. The molecule has 5 nitrogen and oxygen atoms in total. The molecule has 2 heterocycles. The lowest BCUT2D eigenvalue weighted by Gasteiger charge is -2.34. The average Bonchev–Trinajstić information content (AvgIpc) is 2.92. The Kier molecular flexibility index (Phi) is 7.28. The average molecular weight is 335 g/mol. The molecule has 1 aliphatic heterocycles. The van der Waals surface area contributed by atoms with Crippen LogP contribution in [0.2, 0.25) is 0 Å². The summed E-state index contributed by atoms with van der Waals surface area (Å²) in [6.45, 7) is 9.64. The molecule has 1 fully saturated rings. The van der Waals surface area contributed by atoms with Crippen LogP contribution in [-0.2, 0) is 18.3 Å². The molecule has 1 aromatic heterocycles. The van der Waals surface area contributed by atoms with Crippen molar-refractivity contribution in [2.24, 2.45) is 18.9 Å². The molecule has 1 amide bonds. The second-order valence-corrected chi connectivity index (χ2v) is 7.55. The number of nitrogens with one attached hydrogen (secondary N) is 1. The van der Waals surface area contributed by atoms with Crippen molar-refractivity contribution in [1.29, 1.82) is 0 Å². The first kappa shape index (κ1) is 19.0. The highest BCUT2D eigenvalue weighted by molar-refractivity contribution is 5.79. The van der Waals surface area contributed by atoms with Crippen LogP contribution in [0.15, 0.2) is 12.3 Å². The predicted molar refractivity (Wildman–Crippen MR) is 97.8 cm³/mol. The molecule has 24 heavy (non-hydrogen) atoms. The maximum atomic E-state index is 12.5. The fraction of sp³-hybridized carbons (Fsp3) is 0.789. The van der Waals surface area contributed by atoms with Gasteiger partial charge in [-0.3, -0.25) is 9.48 Å². The summed E-state index contributed by atoms with van der Waals surface area (Å²) in [5.74, 6) is 0.975. The van der Waals surface area contributed by atoms with E-state index < -0.39 is 0 Å². The topological polar surface area (TPSA) is 50.2 Å². The van der Waals surface area contributed by atoms with Gasteiger partial charge >= 0.3 is 0 Å². The summed E-state index contributed by atoms with van der Waals surface area (Å²) in [5, 5.41) is 7.44. The largest absolute Gasteiger partial charge is 0.353 e. The van der Waals surface area contributed by atoms with E-state index in [1.54, 1.807) is 0 Å². The normalized spacial score (nSPS) is 21.4. The second-order valence-electron chi connectivity index (χ2n) is 7.55. The van der Waals surface area contributed by atoms with Gasteiger partial charge in [0.15, 0.2) is 0 Å². The lowest BCUT2D eigenvalue weighted by Crippen LogP contribution is -2.46. The Balaban J connectivity index is 1.79. The monoisotopic (exact) mass is 334 g/mol. The molecule has 0 spiro atoms. The highest BCUT2D eigenvalue weighted by atomic mass is 16.2. The van der Waals surface area contributed by atoms with Gasteiger partial charge in [0.05, 0.1) is 5.92 Å². The van der Waals surface area contributed by atoms with Gasteiger partial charge in [0, 0.05) is 38.1 Å². The molecule has 1 N–H and O–H groups in total. The van der Waals surface area contributed by atoms with E-state index >= 15 is 0 Å².